The first-order valence-corrected chi connectivity index (χ1v) is 10.6. The molecule has 0 saturated heterocycles. The zero-order chi connectivity index (χ0) is 22.1. The third-order valence-electron chi connectivity index (χ3n) is 4.87. The standard InChI is InChI=1S/C24H30N4O3/c1-4-30-21-10-8-19(9-11-21)15-28(18(2)3)16-23-27-22(17-31-23)24(29)26-14-12-20-7-5-6-13-25-20/h5-11,13,17-18H,4,12,14-16H2,1-3H3,(H,26,29). The van der Waals surface area contributed by atoms with Crippen molar-refractivity contribution in [3.8, 4) is 5.75 Å². The first kappa shape index (κ1) is 22.5. The van der Waals surface area contributed by atoms with Gasteiger partial charge in [-0.1, -0.05) is 18.2 Å². The fourth-order valence-electron chi connectivity index (χ4n) is 3.12. The highest BCUT2D eigenvalue weighted by Crippen LogP contribution is 2.17. The SMILES string of the molecule is CCOc1ccc(CN(Cc2nc(C(=O)NCCc3ccccn3)co2)C(C)C)cc1. The minimum Gasteiger partial charge on any atom is -0.494 e. The van der Waals surface area contributed by atoms with Crippen LogP contribution >= 0.6 is 0 Å². The van der Waals surface area contributed by atoms with Crippen molar-refractivity contribution in [3.05, 3.63) is 77.8 Å². The largest absolute Gasteiger partial charge is 0.494 e. The Labute approximate surface area is 183 Å². The minimum atomic E-state index is -0.242. The number of aromatic nitrogens is 2. The Morgan fingerprint density at radius 3 is 2.65 bits per heavy atom. The van der Waals surface area contributed by atoms with Crippen molar-refractivity contribution in [3.63, 3.8) is 0 Å². The zero-order valence-corrected chi connectivity index (χ0v) is 18.4. The van der Waals surface area contributed by atoms with E-state index in [0.717, 1.165) is 18.0 Å². The summed E-state index contributed by atoms with van der Waals surface area (Å²) in [5.74, 6) is 1.15. The van der Waals surface area contributed by atoms with Crippen molar-refractivity contribution in [2.24, 2.45) is 0 Å². The van der Waals surface area contributed by atoms with Crippen LogP contribution in [-0.2, 0) is 19.5 Å². The number of nitrogens with zero attached hydrogens (tertiary/aromatic N) is 3. The molecule has 1 amide bonds. The number of rotatable bonds is 11. The summed E-state index contributed by atoms with van der Waals surface area (Å²) in [4.78, 5) is 23.2. The van der Waals surface area contributed by atoms with Crippen molar-refractivity contribution in [2.75, 3.05) is 13.2 Å². The maximum absolute atomic E-state index is 12.4. The van der Waals surface area contributed by atoms with Gasteiger partial charge in [0.2, 0.25) is 5.89 Å². The highest BCUT2D eigenvalue weighted by atomic mass is 16.5. The van der Waals surface area contributed by atoms with Gasteiger partial charge in [-0.2, -0.15) is 0 Å². The van der Waals surface area contributed by atoms with E-state index in [9.17, 15) is 4.79 Å². The highest BCUT2D eigenvalue weighted by Gasteiger charge is 2.17. The number of carbonyl (C=O) groups is 1. The molecule has 7 nitrogen and oxygen atoms in total. The van der Waals surface area contributed by atoms with E-state index in [0.29, 0.717) is 37.7 Å². The number of hydrogen-bond acceptors (Lipinski definition) is 6. The molecule has 31 heavy (non-hydrogen) atoms. The maximum atomic E-state index is 12.4. The summed E-state index contributed by atoms with van der Waals surface area (Å²) in [5.41, 5.74) is 2.41. The van der Waals surface area contributed by atoms with Gasteiger partial charge < -0.3 is 14.5 Å². The molecule has 0 bridgehead atoms. The van der Waals surface area contributed by atoms with Crippen LogP contribution in [0.15, 0.2) is 59.3 Å². The summed E-state index contributed by atoms with van der Waals surface area (Å²) < 4.78 is 11.1. The smallest absolute Gasteiger partial charge is 0.273 e. The van der Waals surface area contributed by atoms with Gasteiger partial charge in [0.1, 0.15) is 12.0 Å². The number of pyridine rings is 1. The summed E-state index contributed by atoms with van der Waals surface area (Å²) in [5, 5.41) is 2.87. The molecular weight excluding hydrogens is 392 g/mol. The summed E-state index contributed by atoms with van der Waals surface area (Å²) in [6.45, 7) is 8.64. The molecule has 0 aliphatic heterocycles. The first-order chi connectivity index (χ1) is 15.0. The van der Waals surface area contributed by atoms with Gasteiger partial charge in [0.05, 0.1) is 13.2 Å². The molecule has 2 aromatic heterocycles. The Bertz CT molecular complexity index is 939. The lowest BCUT2D eigenvalue weighted by atomic mass is 10.2. The second-order valence-corrected chi connectivity index (χ2v) is 7.53. The summed E-state index contributed by atoms with van der Waals surface area (Å²) >= 11 is 0. The Hall–Kier alpha value is -3.19. The molecule has 0 spiro atoms. The fraction of sp³-hybridized carbons (Fsp3) is 0.375. The molecule has 0 aliphatic rings. The van der Waals surface area contributed by atoms with E-state index >= 15 is 0 Å². The van der Waals surface area contributed by atoms with Crippen LogP contribution in [0.25, 0.3) is 0 Å². The number of amides is 1. The monoisotopic (exact) mass is 422 g/mol. The molecule has 1 N–H and O–H groups in total. The van der Waals surface area contributed by atoms with Crippen LogP contribution in [-0.4, -0.2) is 40.0 Å². The predicted molar refractivity (Wildman–Crippen MR) is 119 cm³/mol. The van der Waals surface area contributed by atoms with E-state index in [2.05, 4.69) is 46.2 Å². The first-order valence-electron chi connectivity index (χ1n) is 10.6. The predicted octanol–water partition coefficient (Wildman–Crippen LogP) is 3.85. The number of ether oxygens (including phenoxy) is 1. The van der Waals surface area contributed by atoms with Crippen molar-refractivity contribution < 1.29 is 13.9 Å². The summed E-state index contributed by atoms with van der Waals surface area (Å²) in [6.07, 6.45) is 3.83. The van der Waals surface area contributed by atoms with Gasteiger partial charge in [0.15, 0.2) is 5.69 Å². The number of oxazole rings is 1. The average Bonchev–Trinajstić information content (AvgIpc) is 3.24. The number of nitrogens with one attached hydrogen (secondary N) is 1. The molecule has 0 atom stereocenters. The van der Waals surface area contributed by atoms with E-state index in [-0.39, 0.29) is 11.9 Å². The Morgan fingerprint density at radius 1 is 1.16 bits per heavy atom. The van der Waals surface area contributed by atoms with E-state index in [1.807, 2.05) is 37.3 Å². The number of carbonyl (C=O) groups excluding carboxylic acids is 1. The Morgan fingerprint density at radius 2 is 1.97 bits per heavy atom. The van der Waals surface area contributed by atoms with Crippen LogP contribution in [0.4, 0.5) is 0 Å². The van der Waals surface area contributed by atoms with Gasteiger partial charge >= 0.3 is 0 Å². The molecule has 3 aromatic rings. The molecule has 1 aromatic carbocycles. The van der Waals surface area contributed by atoms with Crippen LogP contribution in [0, 0.1) is 0 Å². The topological polar surface area (TPSA) is 80.5 Å². The second-order valence-electron chi connectivity index (χ2n) is 7.53. The lowest BCUT2D eigenvalue weighted by molar-refractivity contribution is 0.0949. The van der Waals surface area contributed by atoms with E-state index in [4.69, 9.17) is 9.15 Å². The van der Waals surface area contributed by atoms with Gasteiger partial charge in [-0.25, -0.2) is 4.98 Å². The van der Waals surface area contributed by atoms with Crippen LogP contribution in [0.2, 0.25) is 0 Å². The molecule has 0 saturated carbocycles. The molecule has 0 fully saturated rings. The summed E-state index contributed by atoms with van der Waals surface area (Å²) in [6, 6.07) is 14.1. The summed E-state index contributed by atoms with van der Waals surface area (Å²) in [7, 11) is 0. The third-order valence-corrected chi connectivity index (χ3v) is 4.87. The van der Waals surface area contributed by atoms with Crippen LogP contribution in [0.1, 0.15) is 48.4 Å². The number of hydrogen-bond donors (Lipinski definition) is 1. The maximum Gasteiger partial charge on any atom is 0.273 e. The van der Waals surface area contributed by atoms with Crippen LogP contribution < -0.4 is 10.1 Å². The van der Waals surface area contributed by atoms with Crippen LogP contribution in [0.3, 0.4) is 0 Å². The Kier molecular flexibility index (Phi) is 8.18. The van der Waals surface area contributed by atoms with Gasteiger partial charge in [-0.05, 0) is 50.6 Å². The van der Waals surface area contributed by atoms with Crippen LogP contribution in [0.5, 0.6) is 5.75 Å². The Balaban J connectivity index is 1.53. The quantitative estimate of drug-likeness (QED) is 0.506. The van der Waals surface area contributed by atoms with Gasteiger partial charge in [-0.3, -0.25) is 14.7 Å². The normalized spacial score (nSPS) is 11.1. The van der Waals surface area contributed by atoms with Crippen molar-refractivity contribution in [2.45, 2.75) is 46.3 Å². The molecule has 164 valence electrons. The molecule has 0 aliphatic carbocycles. The van der Waals surface area contributed by atoms with E-state index in [1.54, 1.807) is 6.20 Å². The van der Waals surface area contributed by atoms with Crippen molar-refractivity contribution in [1.82, 2.24) is 20.2 Å². The fourth-order valence-corrected chi connectivity index (χ4v) is 3.12. The molecule has 0 radical (unpaired) electrons. The third kappa shape index (κ3) is 6.93. The molecular formula is C24H30N4O3. The molecule has 3 rings (SSSR count). The van der Waals surface area contributed by atoms with E-state index < -0.39 is 0 Å². The van der Waals surface area contributed by atoms with Gasteiger partial charge in [0.25, 0.3) is 5.91 Å². The highest BCUT2D eigenvalue weighted by molar-refractivity contribution is 5.91. The second kappa shape index (κ2) is 11.3. The van der Waals surface area contributed by atoms with E-state index in [1.165, 1.54) is 11.8 Å². The lowest BCUT2D eigenvalue weighted by Crippen LogP contribution is -2.30. The molecule has 7 heteroatoms. The van der Waals surface area contributed by atoms with Gasteiger partial charge in [-0.15, -0.1) is 0 Å². The minimum absolute atomic E-state index is 0.242. The average molecular weight is 423 g/mol. The van der Waals surface area contributed by atoms with Crippen molar-refractivity contribution in [1.29, 1.82) is 0 Å². The zero-order valence-electron chi connectivity index (χ0n) is 18.4. The van der Waals surface area contributed by atoms with Gasteiger partial charge in [0, 0.05) is 37.4 Å². The van der Waals surface area contributed by atoms with Crippen molar-refractivity contribution >= 4 is 5.91 Å². The molecule has 2 heterocycles. The number of benzene rings is 1. The molecule has 0 unspecified atom stereocenters. The lowest BCUT2D eigenvalue weighted by Gasteiger charge is -2.25.